The van der Waals surface area contributed by atoms with Crippen molar-refractivity contribution in [1.29, 1.82) is 0 Å². The Morgan fingerprint density at radius 3 is 2.33 bits per heavy atom. The van der Waals surface area contributed by atoms with Gasteiger partial charge in [-0.3, -0.25) is 0 Å². The number of azo groups is 1. The van der Waals surface area contributed by atoms with Gasteiger partial charge in [0.25, 0.3) is 0 Å². The first-order chi connectivity index (χ1) is 8.56. The van der Waals surface area contributed by atoms with E-state index in [1.165, 1.54) is 0 Å². The molecule has 7 nitrogen and oxygen atoms in total. The highest BCUT2D eigenvalue weighted by Gasteiger charge is 2.09. The van der Waals surface area contributed by atoms with Gasteiger partial charge >= 0.3 is 0 Å². The average molecular weight is 244 g/mol. The number of nitrogen functional groups attached to an aromatic ring is 2. The maximum Gasteiger partial charge on any atom is 0.246 e. The SMILES string of the molecule is Cc1ccc(/N=N/c2c(N)nc(N)nc2O)cc1. The largest absolute Gasteiger partial charge is 0.492 e. The molecule has 18 heavy (non-hydrogen) atoms. The van der Waals surface area contributed by atoms with Gasteiger partial charge in [-0.2, -0.15) is 15.1 Å². The molecule has 0 radical (unpaired) electrons. The van der Waals surface area contributed by atoms with Gasteiger partial charge in [0.15, 0.2) is 11.5 Å². The van der Waals surface area contributed by atoms with Gasteiger partial charge in [0.2, 0.25) is 11.8 Å². The van der Waals surface area contributed by atoms with Crippen LogP contribution in [0.4, 0.5) is 23.1 Å². The van der Waals surface area contributed by atoms with Crippen molar-refractivity contribution in [1.82, 2.24) is 9.97 Å². The summed E-state index contributed by atoms with van der Waals surface area (Å²) in [5.74, 6) is -0.522. The minimum atomic E-state index is -0.393. The third-order valence-electron chi connectivity index (χ3n) is 2.21. The lowest BCUT2D eigenvalue weighted by Gasteiger charge is -2.01. The Morgan fingerprint density at radius 2 is 1.72 bits per heavy atom. The molecule has 1 heterocycles. The zero-order valence-electron chi connectivity index (χ0n) is 9.70. The maximum atomic E-state index is 9.53. The van der Waals surface area contributed by atoms with Crippen molar-refractivity contribution in [3.05, 3.63) is 29.8 Å². The van der Waals surface area contributed by atoms with Crippen LogP contribution in [-0.2, 0) is 0 Å². The molecule has 92 valence electrons. The molecule has 1 aromatic carbocycles. The van der Waals surface area contributed by atoms with Crippen LogP contribution in [0.5, 0.6) is 5.88 Å². The molecular weight excluding hydrogens is 232 g/mol. The van der Waals surface area contributed by atoms with Gasteiger partial charge in [-0.25, -0.2) is 0 Å². The van der Waals surface area contributed by atoms with E-state index >= 15 is 0 Å². The summed E-state index contributed by atoms with van der Waals surface area (Å²) in [5.41, 5.74) is 12.6. The van der Waals surface area contributed by atoms with Crippen LogP contribution in [-0.4, -0.2) is 15.1 Å². The molecule has 0 aliphatic heterocycles. The van der Waals surface area contributed by atoms with Crippen LogP contribution in [0.25, 0.3) is 0 Å². The van der Waals surface area contributed by atoms with Crippen molar-refractivity contribution < 1.29 is 5.11 Å². The number of hydrogen-bond acceptors (Lipinski definition) is 7. The van der Waals surface area contributed by atoms with Crippen molar-refractivity contribution in [2.24, 2.45) is 10.2 Å². The van der Waals surface area contributed by atoms with Crippen LogP contribution in [0.15, 0.2) is 34.5 Å². The van der Waals surface area contributed by atoms with Gasteiger partial charge in [-0.05, 0) is 19.1 Å². The van der Waals surface area contributed by atoms with Crippen molar-refractivity contribution >= 4 is 23.1 Å². The summed E-state index contributed by atoms with van der Waals surface area (Å²) in [7, 11) is 0. The molecule has 0 fully saturated rings. The smallest absolute Gasteiger partial charge is 0.246 e. The first-order valence-electron chi connectivity index (χ1n) is 5.16. The van der Waals surface area contributed by atoms with E-state index in [9.17, 15) is 5.11 Å². The van der Waals surface area contributed by atoms with E-state index in [0.29, 0.717) is 5.69 Å². The third kappa shape index (κ3) is 2.51. The van der Waals surface area contributed by atoms with Crippen LogP contribution in [0, 0.1) is 6.92 Å². The molecule has 0 saturated heterocycles. The molecule has 0 saturated carbocycles. The standard InChI is InChI=1S/C11H12N6O/c1-6-2-4-7(5-3-6)16-17-8-9(12)14-11(13)15-10(8)18/h2-5H,1H3,(H5,12,13,14,15,18)/b17-16+. The van der Waals surface area contributed by atoms with E-state index < -0.39 is 5.88 Å². The molecule has 0 spiro atoms. The summed E-state index contributed by atoms with van der Waals surface area (Å²) in [6, 6.07) is 7.39. The minimum absolute atomic E-state index is 0.00442. The molecule has 0 bridgehead atoms. The molecule has 0 aliphatic carbocycles. The fraction of sp³-hybridized carbons (Fsp3) is 0.0909. The number of rotatable bonds is 2. The number of benzene rings is 1. The third-order valence-corrected chi connectivity index (χ3v) is 2.21. The van der Waals surface area contributed by atoms with Crippen LogP contribution in [0.2, 0.25) is 0 Å². The summed E-state index contributed by atoms with van der Waals surface area (Å²) < 4.78 is 0. The topological polar surface area (TPSA) is 123 Å². The van der Waals surface area contributed by atoms with E-state index in [1.807, 2.05) is 19.1 Å². The van der Waals surface area contributed by atoms with Crippen molar-refractivity contribution in [3.63, 3.8) is 0 Å². The Hall–Kier alpha value is -2.70. The zero-order valence-corrected chi connectivity index (χ0v) is 9.70. The summed E-state index contributed by atoms with van der Waals surface area (Å²) >= 11 is 0. The van der Waals surface area contributed by atoms with E-state index in [-0.39, 0.29) is 17.5 Å². The molecule has 2 rings (SSSR count). The number of aromatic nitrogens is 2. The molecule has 1 aromatic heterocycles. The summed E-state index contributed by atoms with van der Waals surface area (Å²) in [5, 5.41) is 17.3. The Labute approximate surface area is 103 Å². The van der Waals surface area contributed by atoms with Gasteiger partial charge < -0.3 is 16.6 Å². The predicted octanol–water partition coefficient (Wildman–Crippen LogP) is 2.07. The van der Waals surface area contributed by atoms with Gasteiger partial charge in [-0.15, -0.1) is 5.11 Å². The quantitative estimate of drug-likeness (QED) is 0.698. The lowest BCUT2D eigenvalue weighted by molar-refractivity contribution is 0.455. The average Bonchev–Trinajstić information content (AvgIpc) is 2.30. The van der Waals surface area contributed by atoms with Crippen LogP contribution < -0.4 is 11.5 Å². The molecule has 0 unspecified atom stereocenters. The second-order valence-electron chi connectivity index (χ2n) is 3.67. The Morgan fingerprint density at radius 1 is 1.06 bits per heavy atom. The van der Waals surface area contributed by atoms with Gasteiger partial charge in [0, 0.05) is 0 Å². The monoisotopic (exact) mass is 244 g/mol. The van der Waals surface area contributed by atoms with Crippen molar-refractivity contribution in [3.8, 4) is 5.88 Å². The van der Waals surface area contributed by atoms with Gasteiger partial charge in [0.05, 0.1) is 5.69 Å². The van der Waals surface area contributed by atoms with E-state index in [1.54, 1.807) is 12.1 Å². The highest BCUT2D eigenvalue weighted by molar-refractivity contribution is 5.64. The normalized spacial score (nSPS) is 10.9. The molecule has 7 heteroatoms. The highest BCUT2D eigenvalue weighted by atomic mass is 16.3. The summed E-state index contributed by atoms with van der Waals surface area (Å²) in [4.78, 5) is 7.24. The number of nitrogens with zero attached hydrogens (tertiary/aromatic N) is 4. The summed E-state index contributed by atoms with van der Waals surface area (Å²) in [6.45, 7) is 1.97. The number of anilines is 2. The van der Waals surface area contributed by atoms with E-state index in [0.717, 1.165) is 5.56 Å². The highest BCUT2D eigenvalue weighted by Crippen LogP contribution is 2.31. The van der Waals surface area contributed by atoms with Crippen molar-refractivity contribution in [2.45, 2.75) is 6.92 Å². The van der Waals surface area contributed by atoms with Crippen LogP contribution in [0.1, 0.15) is 5.56 Å². The fourth-order valence-electron chi connectivity index (χ4n) is 1.29. The fourth-order valence-corrected chi connectivity index (χ4v) is 1.29. The molecule has 0 aliphatic rings. The molecule has 5 N–H and O–H groups in total. The van der Waals surface area contributed by atoms with E-state index in [4.69, 9.17) is 11.5 Å². The van der Waals surface area contributed by atoms with Crippen molar-refractivity contribution in [2.75, 3.05) is 11.5 Å². The Bertz CT molecular complexity index is 570. The number of aryl methyl sites for hydroxylation is 1. The second kappa shape index (κ2) is 4.66. The number of nitrogens with two attached hydrogens (primary N) is 2. The van der Waals surface area contributed by atoms with E-state index in [2.05, 4.69) is 20.2 Å². The second-order valence-corrected chi connectivity index (χ2v) is 3.67. The minimum Gasteiger partial charge on any atom is -0.492 e. The van der Waals surface area contributed by atoms with Crippen LogP contribution >= 0.6 is 0 Å². The lowest BCUT2D eigenvalue weighted by atomic mass is 10.2. The van der Waals surface area contributed by atoms with Crippen LogP contribution in [0.3, 0.4) is 0 Å². The summed E-state index contributed by atoms with van der Waals surface area (Å²) in [6.07, 6.45) is 0. The molecule has 2 aromatic rings. The number of hydrogen-bond donors (Lipinski definition) is 3. The van der Waals surface area contributed by atoms with Gasteiger partial charge in [-0.1, -0.05) is 17.7 Å². The first kappa shape index (κ1) is 11.8. The Balaban J connectivity index is 2.31. The molecule has 0 atom stereocenters. The lowest BCUT2D eigenvalue weighted by Crippen LogP contribution is -1.99. The number of aromatic hydroxyl groups is 1. The van der Waals surface area contributed by atoms with Gasteiger partial charge in [0.1, 0.15) is 0 Å². The first-order valence-corrected chi connectivity index (χ1v) is 5.16. The predicted molar refractivity (Wildman–Crippen MR) is 67.9 cm³/mol. The zero-order chi connectivity index (χ0) is 13.1. The molecular formula is C11H12N6O. The Kier molecular flexibility index (Phi) is 3.05. The molecule has 0 amide bonds. The maximum absolute atomic E-state index is 9.53.